The predicted molar refractivity (Wildman–Crippen MR) is 118 cm³/mol. The van der Waals surface area contributed by atoms with Crippen LogP contribution in [0.15, 0.2) is 60.3 Å². The lowest BCUT2D eigenvalue weighted by molar-refractivity contribution is -0.115. The molecule has 2 aliphatic heterocycles. The fourth-order valence-corrected chi connectivity index (χ4v) is 4.51. The lowest BCUT2D eigenvalue weighted by Crippen LogP contribution is -2.47. The zero-order valence-electron chi connectivity index (χ0n) is 17.4. The fraction of sp³-hybridized carbons (Fsp3) is 0.375. The highest BCUT2D eigenvalue weighted by molar-refractivity contribution is 5.94. The highest BCUT2D eigenvalue weighted by Crippen LogP contribution is 2.46. The Kier molecular flexibility index (Phi) is 5.09. The number of likely N-dealkylation sites (N-methyl/N-ethyl adjacent to an activating group) is 1. The van der Waals surface area contributed by atoms with Crippen LogP contribution in [0.5, 0.6) is 5.75 Å². The van der Waals surface area contributed by atoms with Crippen LogP contribution in [-0.4, -0.2) is 55.6 Å². The van der Waals surface area contributed by atoms with Crippen molar-refractivity contribution in [3.63, 3.8) is 0 Å². The predicted octanol–water partition coefficient (Wildman–Crippen LogP) is 3.39. The molecule has 2 aromatic carbocycles. The van der Waals surface area contributed by atoms with E-state index in [9.17, 15) is 9.90 Å². The molecular weight excluding hydrogens is 362 g/mol. The van der Waals surface area contributed by atoms with E-state index in [-0.39, 0.29) is 16.9 Å². The average Bonchev–Trinajstić information content (AvgIpc) is 2.90. The monoisotopic (exact) mass is 391 g/mol. The quantitative estimate of drug-likeness (QED) is 0.810. The van der Waals surface area contributed by atoms with Crippen LogP contribution in [-0.2, 0) is 10.2 Å². The van der Waals surface area contributed by atoms with E-state index in [0.717, 1.165) is 37.6 Å². The normalized spacial score (nSPS) is 20.2. The molecule has 5 heteroatoms. The summed E-state index contributed by atoms with van der Waals surface area (Å²) in [4.78, 5) is 19.5. The van der Waals surface area contributed by atoms with Gasteiger partial charge >= 0.3 is 0 Å². The second-order valence-corrected chi connectivity index (χ2v) is 8.48. The number of rotatable bonds is 4. The Balaban J connectivity index is 1.39. The molecule has 1 saturated heterocycles. The minimum Gasteiger partial charge on any atom is -0.508 e. The molecule has 0 unspecified atom stereocenters. The second-order valence-electron chi connectivity index (χ2n) is 8.48. The van der Waals surface area contributed by atoms with Crippen LogP contribution < -0.4 is 9.80 Å². The molecule has 2 aliphatic rings. The number of carbonyl (C=O) groups excluding carboxylic acids is 1. The van der Waals surface area contributed by atoms with Gasteiger partial charge in [0.2, 0.25) is 0 Å². The fourth-order valence-electron chi connectivity index (χ4n) is 4.51. The number of fused-ring (bicyclic) bond motifs is 1. The van der Waals surface area contributed by atoms with E-state index < -0.39 is 0 Å². The molecule has 0 radical (unpaired) electrons. The van der Waals surface area contributed by atoms with Crippen molar-refractivity contribution >= 4 is 17.2 Å². The third-order valence-corrected chi connectivity index (χ3v) is 6.20. The van der Waals surface area contributed by atoms with Gasteiger partial charge in [0.25, 0.3) is 0 Å². The number of carbonyl (C=O) groups is 1. The first-order valence-electron chi connectivity index (χ1n) is 10.2. The summed E-state index contributed by atoms with van der Waals surface area (Å²) < 4.78 is 0. The molecule has 29 heavy (non-hydrogen) atoms. The number of hydrogen-bond donors (Lipinski definition) is 1. The van der Waals surface area contributed by atoms with Crippen LogP contribution >= 0.6 is 0 Å². The van der Waals surface area contributed by atoms with Crippen molar-refractivity contribution in [1.82, 2.24) is 4.90 Å². The molecule has 152 valence electrons. The van der Waals surface area contributed by atoms with E-state index in [2.05, 4.69) is 46.7 Å². The van der Waals surface area contributed by atoms with Crippen molar-refractivity contribution in [2.75, 3.05) is 49.6 Å². The molecule has 0 bridgehead atoms. The van der Waals surface area contributed by atoms with Crippen molar-refractivity contribution in [2.24, 2.45) is 0 Å². The number of benzene rings is 2. The summed E-state index contributed by atoms with van der Waals surface area (Å²) in [5.74, 6) is 0.443. The van der Waals surface area contributed by atoms with Crippen LogP contribution in [0.25, 0.3) is 0 Å². The molecule has 0 aliphatic carbocycles. The standard InChI is InChI=1S/C24H29N3O2/c1-24(2)21-6-4-5-7-22(21)25(3)23(24)16-20(29)17-26-12-14-27(15-13-26)18-8-10-19(28)11-9-18/h4-11,16,28H,12-15,17H2,1-3H3/b23-16-. The summed E-state index contributed by atoms with van der Waals surface area (Å²) in [6, 6.07) is 15.7. The second kappa shape index (κ2) is 7.56. The minimum atomic E-state index is -0.168. The number of nitrogens with zero attached hydrogens (tertiary/aromatic N) is 3. The topological polar surface area (TPSA) is 47.0 Å². The van der Waals surface area contributed by atoms with Crippen LogP contribution in [0.1, 0.15) is 19.4 Å². The lowest BCUT2D eigenvalue weighted by atomic mass is 9.83. The van der Waals surface area contributed by atoms with Crippen molar-refractivity contribution in [2.45, 2.75) is 19.3 Å². The number of piperazine rings is 1. The van der Waals surface area contributed by atoms with Crippen LogP contribution in [0.2, 0.25) is 0 Å². The SMILES string of the molecule is CN1/C(=C\C(=O)CN2CCN(c3ccc(O)cc3)CC2)C(C)(C)c2ccccc21. The van der Waals surface area contributed by atoms with E-state index >= 15 is 0 Å². The molecule has 1 N–H and O–H groups in total. The van der Waals surface area contributed by atoms with E-state index in [1.54, 1.807) is 12.1 Å². The Morgan fingerprint density at radius 2 is 1.69 bits per heavy atom. The maximum Gasteiger partial charge on any atom is 0.171 e. The third-order valence-electron chi connectivity index (χ3n) is 6.20. The Morgan fingerprint density at radius 3 is 2.34 bits per heavy atom. The summed E-state index contributed by atoms with van der Waals surface area (Å²) in [7, 11) is 2.04. The molecular formula is C24H29N3O2. The van der Waals surface area contributed by atoms with E-state index in [4.69, 9.17) is 0 Å². The van der Waals surface area contributed by atoms with Gasteiger partial charge in [-0.15, -0.1) is 0 Å². The zero-order chi connectivity index (χ0) is 20.6. The van der Waals surface area contributed by atoms with Crippen LogP contribution in [0.4, 0.5) is 11.4 Å². The Hall–Kier alpha value is -2.79. The number of allylic oxidation sites excluding steroid dienone is 1. The Bertz CT molecular complexity index is 925. The maximum atomic E-state index is 12.9. The Labute approximate surface area is 172 Å². The zero-order valence-corrected chi connectivity index (χ0v) is 17.4. The number of anilines is 2. The molecule has 1 fully saturated rings. The van der Waals surface area contributed by atoms with Crippen LogP contribution in [0.3, 0.4) is 0 Å². The molecule has 2 aromatic rings. The maximum absolute atomic E-state index is 12.9. The summed E-state index contributed by atoms with van der Waals surface area (Å²) in [6.45, 7) is 8.30. The van der Waals surface area contributed by atoms with Crippen molar-refractivity contribution in [3.05, 3.63) is 65.9 Å². The van der Waals surface area contributed by atoms with Gasteiger partial charge < -0.3 is 14.9 Å². The summed E-state index contributed by atoms with van der Waals surface area (Å²) in [5.41, 5.74) is 4.45. The molecule has 0 spiro atoms. The van der Waals surface area contributed by atoms with Gasteiger partial charge in [0.1, 0.15) is 5.75 Å². The number of para-hydroxylation sites is 1. The first-order valence-corrected chi connectivity index (χ1v) is 10.2. The molecule has 0 amide bonds. The van der Waals surface area contributed by atoms with Gasteiger partial charge in [-0.2, -0.15) is 0 Å². The number of phenolic OH excluding ortho intramolecular Hbond substituents is 1. The Morgan fingerprint density at radius 1 is 1.03 bits per heavy atom. The summed E-state index contributed by atoms with van der Waals surface area (Å²) in [5, 5.41) is 9.45. The highest BCUT2D eigenvalue weighted by atomic mass is 16.3. The molecule has 2 heterocycles. The molecule has 0 aromatic heterocycles. The van der Waals surface area contributed by atoms with Crippen molar-refractivity contribution < 1.29 is 9.90 Å². The van der Waals surface area contributed by atoms with Gasteiger partial charge in [0.05, 0.1) is 6.54 Å². The molecule has 5 nitrogen and oxygen atoms in total. The number of aromatic hydroxyl groups is 1. The van der Waals surface area contributed by atoms with Gasteiger partial charge in [-0.05, 0) is 35.9 Å². The summed E-state index contributed by atoms with van der Waals surface area (Å²) in [6.07, 6.45) is 1.84. The van der Waals surface area contributed by atoms with Crippen molar-refractivity contribution in [1.29, 1.82) is 0 Å². The van der Waals surface area contributed by atoms with Gasteiger partial charge in [-0.25, -0.2) is 0 Å². The number of ketones is 1. The lowest BCUT2D eigenvalue weighted by Gasteiger charge is -2.35. The van der Waals surface area contributed by atoms with E-state index in [0.29, 0.717) is 6.54 Å². The van der Waals surface area contributed by atoms with Crippen LogP contribution in [0, 0.1) is 0 Å². The summed E-state index contributed by atoms with van der Waals surface area (Å²) >= 11 is 0. The average molecular weight is 392 g/mol. The van der Waals surface area contributed by atoms with E-state index in [1.807, 2.05) is 31.3 Å². The smallest absolute Gasteiger partial charge is 0.171 e. The molecule has 0 atom stereocenters. The third kappa shape index (κ3) is 3.75. The molecule has 0 saturated carbocycles. The largest absolute Gasteiger partial charge is 0.508 e. The number of phenols is 1. The molecule has 4 rings (SSSR count). The highest BCUT2D eigenvalue weighted by Gasteiger charge is 2.38. The van der Waals surface area contributed by atoms with Gasteiger partial charge in [0, 0.05) is 61.8 Å². The first-order chi connectivity index (χ1) is 13.9. The minimum absolute atomic E-state index is 0.158. The number of hydrogen-bond acceptors (Lipinski definition) is 5. The van der Waals surface area contributed by atoms with Crippen molar-refractivity contribution in [3.8, 4) is 5.75 Å². The van der Waals surface area contributed by atoms with E-state index in [1.165, 1.54) is 11.3 Å². The first kappa shape index (κ1) is 19.5. The van der Waals surface area contributed by atoms with Gasteiger partial charge in [-0.1, -0.05) is 32.0 Å². The van der Waals surface area contributed by atoms with Gasteiger partial charge in [0.15, 0.2) is 5.78 Å². The van der Waals surface area contributed by atoms with Gasteiger partial charge in [-0.3, -0.25) is 9.69 Å².